The lowest BCUT2D eigenvalue weighted by atomic mass is 9.85. The number of carboxylic acids is 1. The summed E-state index contributed by atoms with van der Waals surface area (Å²) in [6.07, 6.45) is -5.20. The Morgan fingerprint density at radius 1 is 1.03 bits per heavy atom. The quantitative estimate of drug-likeness (QED) is 0.389. The van der Waals surface area contributed by atoms with Gasteiger partial charge in [-0.1, -0.05) is 30.3 Å². The van der Waals surface area contributed by atoms with Gasteiger partial charge in [-0.2, -0.15) is 0 Å². The maximum absolute atomic E-state index is 13.3. The number of carboxylic acid groups (broad SMARTS) is 1. The number of aliphatic carboxylic acids is 1. The Balaban J connectivity index is 1.23. The normalized spacial score (nSPS) is 29.7. The van der Waals surface area contributed by atoms with Gasteiger partial charge in [0.2, 0.25) is 6.29 Å². The number of hydrogen-bond acceptors (Lipinski definition) is 9. The van der Waals surface area contributed by atoms with E-state index in [4.69, 9.17) is 14.2 Å². The number of fused-ring (bicyclic) bond motifs is 1. The number of carbonyl (C=O) groups is 2. The van der Waals surface area contributed by atoms with E-state index in [-0.39, 0.29) is 23.2 Å². The number of rotatable bonds is 8. The predicted octanol–water partition coefficient (Wildman–Crippen LogP) is 1.62. The maximum Gasteiger partial charge on any atom is 0.335 e. The van der Waals surface area contributed by atoms with Crippen molar-refractivity contribution < 1.29 is 44.2 Å². The van der Waals surface area contributed by atoms with E-state index in [0.717, 1.165) is 44.5 Å². The second-order valence-electron chi connectivity index (χ2n) is 10.7. The van der Waals surface area contributed by atoms with E-state index in [1.807, 2.05) is 6.07 Å². The number of benzene rings is 2. The van der Waals surface area contributed by atoms with Crippen LogP contribution < -0.4 is 9.47 Å². The fraction of sp³-hybridized carbons (Fsp3) is 0.517. The minimum absolute atomic E-state index is 0.0694. The summed E-state index contributed by atoms with van der Waals surface area (Å²) >= 11 is 0. The Morgan fingerprint density at radius 2 is 1.74 bits per heavy atom. The molecule has 210 valence electrons. The zero-order valence-corrected chi connectivity index (χ0v) is 21.8. The van der Waals surface area contributed by atoms with Crippen LogP contribution in [0.3, 0.4) is 0 Å². The van der Waals surface area contributed by atoms with Crippen LogP contribution in [0.15, 0.2) is 42.5 Å². The topological polar surface area (TPSA) is 146 Å². The summed E-state index contributed by atoms with van der Waals surface area (Å²) in [6.45, 7) is 2.94. The van der Waals surface area contributed by atoms with Crippen molar-refractivity contribution in [3.63, 3.8) is 0 Å². The molecule has 3 aliphatic rings. The number of Topliss-reactive ketones (excluding diaryl/α,β-unsaturated/α-hetero) is 1. The lowest BCUT2D eigenvalue weighted by molar-refractivity contribution is -0.271. The zero-order valence-electron chi connectivity index (χ0n) is 21.8. The van der Waals surface area contributed by atoms with Crippen molar-refractivity contribution in [2.45, 2.75) is 62.9 Å². The number of methoxy groups -OCH3 is 1. The van der Waals surface area contributed by atoms with E-state index in [0.29, 0.717) is 17.9 Å². The Labute approximate surface area is 226 Å². The molecule has 5 rings (SSSR count). The summed E-state index contributed by atoms with van der Waals surface area (Å²) in [4.78, 5) is 27.2. The van der Waals surface area contributed by atoms with Crippen molar-refractivity contribution in [2.24, 2.45) is 11.8 Å². The van der Waals surface area contributed by atoms with Crippen LogP contribution in [0.2, 0.25) is 0 Å². The summed E-state index contributed by atoms with van der Waals surface area (Å²) in [7, 11) is 1.41. The van der Waals surface area contributed by atoms with E-state index >= 15 is 0 Å². The van der Waals surface area contributed by atoms with E-state index in [1.54, 1.807) is 12.1 Å². The summed E-state index contributed by atoms with van der Waals surface area (Å²) < 4.78 is 16.4. The highest BCUT2D eigenvalue weighted by Crippen LogP contribution is 2.41. The molecule has 0 amide bonds. The predicted molar refractivity (Wildman–Crippen MR) is 139 cm³/mol. The first-order chi connectivity index (χ1) is 18.7. The highest BCUT2D eigenvalue weighted by atomic mass is 16.7. The van der Waals surface area contributed by atoms with Crippen molar-refractivity contribution in [3.05, 3.63) is 59.2 Å². The van der Waals surface area contributed by atoms with Crippen LogP contribution in [-0.2, 0) is 22.5 Å². The molecule has 4 N–H and O–H groups in total. The molecule has 1 aliphatic carbocycles. The second-order valence-corrected chi connectivity index (χ2v) is 10.7. The third kappa shape index (κ3) is 5.80. The molecule has 10 nitrogen and oxygen atoms in total. The summed E-state index contributed by atoms with van der Waals surface area (Å²) in [6, 6.07) is 13.7. The van der Waals surface area contributed by atoms with Gasteiger partial charge >= 0.3 is 5.97 Å². The molecule has 39 heavy (non-hydrogen) atoms. The number of carbonyl (C=O) groups excluding carboxylic acids is 1. The number of aliphatic hydroxyl groups is 3. The van der Waals surface area contributed by atoms with E-state index < -0.39 is 36.7 Å². The molecular formula is C29H35NO9. The van der Waals surface area contributed by atoms with Gasteiger partial charge in [0, 0.05) is 18.0 Å². The number of hydrogen-bond donors (Lipinski definition) is 4. The van der Waals surface area contributed by atoms with E-state index in [1.165, 1.54) is 12.7 Å². The molecule has 10 heteroatoms. The molecule has 2 heterocycles. The Hall–Kier alpha value is -3.02. The molecule has 2 aliphatic heterocycles. The average molecular weight is 542 g/mol. The minimum Gasteiger partial charge on any atom is -0.493 e. The van der Waals surface area contributed by atoms with Crippen LogP contribution >= 0.6 is 0 Å². The molecule has 2 aromatic carbocycles. The molecule has 0 bridgehead atoms. The molecule has 2 fully saturated rings. The van der Waals surface area contributed by atoms with Crippen LogP contribution in [-0.4, -0.2) is 88.0 Å². The summed E-state index contributed by atoms with van der Waals surface area (Å²) in [5, 5.41) is 39.7. The number of ketones is 1. The number of piperidine rings is 1. The van der Waals surface area contributed by atoms with Gasteiger partial charge in [0.25, 0.3) is 0 Å². The SMILES string of the molecule is COc1cc2c(cc1O[C@@H]1O[C@H](C(=O)O)[C@@H](O)[C@H](O)[C@H]1O)CC(CC1CCN(Cc3ccccc3)CC1)C2=O. The molecule has 2 aromatic rings. The fourth-order valence-electron chi connectivity index (χ4n) is 5.92. The van der Waals surface area contributed by atoms with Crippen molar-refractivity contribution in [3.8, 4) is 11.5 Å². The van der Waals surface area contributed by atoms with Crippen molar-refractivity contribution in [2.75, 3.05) is 20.2 Å². The fourth-order valence-corrected chi connectivity index (χ4v) is 5.92. The van der Waals surface area contributed by atoms with E-state index in [2.05, 4.69) is 29.2 Å². The third-order valence-electron chi connectivity index (χ3n) is 8.12. The number of ether oxygens (including phenoxy) is 3. The third-order valence-corrected chi connectivity index (χ3v) is 8.12. The molecule has 1 unspecified atom stereocenters. The zero-order chi connectivity index (χ0) is 27.7. The van der Waals surface area contributed by atoms with Gasteiger partial charge in [-0.25, -0.2) is 4.79 Å². The molecule has 6 atom stereocenters. The van der Waals surface area contributed by atoms with Gasteiger partial charge in [-0.05, 0) is 68.0 Å². The molecule has 0 saturated carbocycles. The first-order valence-corrected chi connectivity index (χ1v) is 13.4. The Bertz CT molecular complexity index is 1180. The van der Waals surface area contributed by atoms with Gasteiger partial charge < -0.3 is 34.6 Å². The average Bonchev–Trinajstić information content (AvgIpc) is 3.23. The summed E-state index contributed by atoms with van der Waals surface area (Å²) in [5.41, 5.74) is 2.65. The maximum atomic E-state index is 13.3. The Morgan fingerprint density at radius 3 is 2.41 bits per heavy atom. The van der Waals surface area contributed by atoms with Crippen molar-refractivity contribution in [1.82, 2.24) is 4.90 Å². The lowest BCUT2D eigenvalue weighted by Crippen LogP contribution is -2.61. The lowest BCUT2D eigenvalue weighted by Gasteiger charge is -2.38. The highest BCUT2D eigenvalue weighted by Gasteiger charge is 2.48. The number of likely N-dealkylation sites (tertiary alicyclic amines) is 1. The number of aliphatic hydroxyl groups excluding tert-OH is 3. The van der Waals surface area contributed by atoms with Gasteiger partial charge in [0.05, 0.1) is 7.11 Å². The smallest absolute Gasteiger partial charge is 0.335 e. The standard InChI is InChI=1S/C29H35NO9/c1-37-21-14-20-18(13-22(21)38-29-26(34)24(32)25(33)27(39-29)28(35)36)12-19(23(20)31)11-16-7-9-30(10-8-16)15-17-5-3-2-4-6-17/h2-6,13-14,16,19,24-27,29,32-34H,7-12,15H2,1H3,(H,35,36)/t19?,24-,25-,26+,27-,29+/m0/s1. The Kier molecular flexibility index (Phi) is 8.20. The molecule has 0 spiro atoms. The van der Waals surface area contributed by atoms with Gasteiger partial charge in [0.1, 0.15) is 18.3 Å². The molecular weight excluding hydrogens is 506 g/mol. The largest absolute Gasteiger partial charge is 0.493 e. The van der Waals surface area contributed by atoms with Crippen LogP contribution in [0.25, 0.3) is 0 Å². The minimum atomic E-state index is -1.82. The summed E-state index contributed by atoms with van der Waals surface area (Å²) in [5.74, 6) is -0.738. The van der Waals surface area contributed by atoms with Crippen molar-refractivity contribution >= 4 is 11.8 Å². The molecule has 0 radical (unpaired) electrons. The monoisotopic (exact) mass is 541 g/mol. The molecule has 0 aromatic heterocycles. The molecule has 2 saturated heterocycles. The van der Waals surface area contributed by atoms with Crippen molar-refractivity contribution in [1.29, 1.82) is 0 Å². The van der Waals surface area contributed by atoms with E-state index in [9.17, 15) is 30.0 Å². The van der Waals surface area contributed by atoms with Gasteiger partial charge in [-0.3, -0.25) is 9.69 Å². The second kappa shape index (κ2) is 11.6. The first-order valence-electron chi connectivity index (χ1n) is 13.4. The van der Waals surface area contributed by atoms with Gasteiger partial charge in [-0.15, -0.1) is 0 Å². The first kappa shape index (κ1) is 27.5. The highest BCUT2D eigenvalue weighted by molar-refractivity contribution is 6.02. The van der Waals surface area contributed by atoms with Crippen LogP contribution in [0.1, 0.15) is 40.7 Å². The van der Waals surface area contributed by atoms with Crippen LogP contribution in [0, 0.1) is 11.8 Å². The van der Waals surface area contributed by atoms with Crippen LogP contribution in [0.5, 0.6) is 11.5 Å². The van der Waals surface area contributed by atoms with Gasteiger partial charge in [0.15, 0.2) is 23.4 Å². The van der Waals surface area contributed by atoms with Crippen LogP contribution in [0.4, 0.5) is 0 Å². The number of nitrogens with zero attached hydrogens (tertiary/aromatic N) is 1.